The van der Waals surface area contributed by atoms with E-state index in [4.69, 9.17) is 5.73 Å². The first-order valence-corrected chi connectivity index (χ1v) is 6.70. The fourth-order valence-corrected chi connectivity index (χ4v) is 2.36. The Bertz CT molecular complexity index is 479. The number of nitrogens with one attached hydrogen (secondary N) is 1. The van der Waals surface area contributed by atoms with Crippen LogP contribution in [-0.2, 0) is 4.79 Å². The molecule has 6 nitrogen and oxygen atoms in total. The number of hydrogen-bond donors (Lipinski definition) is 2. The summed E-state index contributed by atoms with van der Waals surface area (Å²) in [5.41, 5.74) is 5.56. The van der Waals surface area contributed by atoms with Gasteiger partial charge in [0.05, 0.1) is 12.6 Å². The van der Waals surface area contributed by atoms with Gasteiger partial charge in [0.1, 0.15) is 12.4 Å². The third kappa shape index (κ3) is 4.92. The normalized spacial score (nSPS) is 17.9. The third-order valence-corrected chi connectivity index (χ3v) is 3.41. The molecule has 0 unspecified atom stereocenters. The van der Waals surface area contributed by atoms with Crippen molar-refractivity contribution in [3.05, 3.63) is 12.3 Å². The number of amides is 1. The smallest absolute Gasteiger partial charge is 0.382 e. The minimum absolute atomic E-state index is 0.00987. The zero-order valence-electron chi connectivity index (χ0n) is 11.4. The minimum atomic E-state index is -4.37. The van der Waals surface area contributed by atoms with Crippen LogP contribution in [0.25, 0.3) is 0 Å². The van der Waals surface area contributed by atoms with Gasteiger partial charge >= 0.3 is 6.18 Å². The van der Waals surface area contributed by atoms with E-state index in [-0.39, 0.29) is 12.6 Å². The van der Waals surface area contributed by atoms with Gasteiger partial charge in [0, 0.05) is 19.3 Å². The molecule has 0 radical (unpaired) electrons. The molecule has 1 fully saturated rings. The zero-order valence-corrected chi connectivity index (χ0v) is 11.4. The lowest BCUT2D eigenvalue weighted by Crippen LogP contribution is -2.44. The predicted molar refractivity (Wildman–Crippen MR) is 70.4 cm³/mol. The second kappa shape index (κ2) is 6.33. The highest BCUT2D eigenvalue weighted by atomic mass is 19.4. The first kappa shape index (κ1) is 15.6. The van der Waals surface area contributed by atoms with E-state index < -0.39 is 18.6 Å². The summed E-state index contributed by atoms with van der Waals surface area (Å²) in [4.78, 5) is 13.3. The molecule has 1 aliphatic rings. The first-order valence-electron chi connectivity index (χ1n) is 6.70. The topological polar surface area (TPSA) is 76.2 Å². The molecular weight excluding hydrogens is 287 g/mol. The highest BCUT2D eigenvalue weighted by Crippen LogP contribution is 2.22. The largest absolute Gasteiger partial charge is 0.405 e. The molecule has 0 bridgehead atoms. The van der Waals surface area contributed by atoms with Crippen LogP contribution in [0.15, 0.2) is 12.3 Å². The molecule has 1 saturated heterocycles. The van der Waals surface area contributed by atoms with Crippen molar-refractivity contribution in [2.24, 2.45) is 0 Å². The summed E-state index contributed by atoms with van der Waals surface area (Å²) in [5, 5.41) is 6.02. The van der Waals surface area contributed by atoms with Crippen LogP contribution in [-0.4, -0.2) is 52.9 Å². The Hall–Kier alpha value is -1.77. The molecular formula is C12H18F3N5O. The number of alkyl halides is 3. The summed E-state index contributed by atoms with van der Waals surface area (Å²) in [6.07, 6.45) is -0.990. The van der Waals surface area contributed by atoms with Crippen molar-refractivity contribution in [2.75, 3.05) is 31.9 Å². The van der Waals surface area contributed by atoms with E-state index in [0.717, 1.165) is 12.8 Å². The van der Waals surface area contributed by atoms with Crippen LogP contribution < -0.4 is 11.1 Å². The number of hydrogen-bond acceptors (Lipinski definition) is 4. The summed E-state index contributed by atoms with van der Waals surface area (Å²) in [6.45, 7) is -0.00729. The number of anilines is 1. The van der Waals surface area contributed by atoms with Gasteiger partial charge < -0.3 is 11.1 Å². The Balaban J connectivity index is 1.73. The van der Waals surface area contributed by atoms with Gasteiger partial charge in [-0.1, -0.05) is 0 Å². The Morgan fingerprint density at radius 2 is 2.10 bits per heavy atom. The molecule has 0 saturated carbocycles. The SMILES string of the molecule is Nc1ccn(C2CCN(CC(=O)NCC(F)(F)F)CC2)n1. The zero-order chi connectivity index (χ0) is 15.5. The van der Waals surface area contributed by atoms with Crippen LogP contribution in [0.1, 0.15) is 18.9 Å². The number of carbonyl (C=O) groups excluding carboxylic acids is 1. The van der Waals surface area contributed by atoms with Crippen LogP contribution in [0, 0.1) is 0 Å². The van der Waals surface area contributed by atoms with E-state index in [9.17, 15) is 18.0 Å². The molecule has 1 aliphatic heterocycles. The van der Waals surface area contributed by atoms with Crippen molar-refractivity contribution >= 4 is 11.7 Å². The lowest BCUT2D eigenvalue weighted by atomic mass is 10.1. The molecule has 3 N–H and O–H groups in total. The maximum atomic E-state index is 12.0. The number of nitrogens with two attached hydrogens (primary N) is 1. The van der Waals surface area contributed by atoms with Crippen LogP contribution >= 0.6 is 0 Å². The Morgan fingerprint density at radius 3 is 2.62 bits per heavy atom. The quantitative estimate of drug-likeness (QED) is 0.862. The maximum Gasteiger partial charge on any atom is 0.405 e. The van der Waals surface area contributed by atoms with Gasteiger partial charge in [-0.3, -0.25) is 14.4 Å². The average molecular weight is 305 g/mol. The van der Waals surface area contributed by atoms with Gasteiger partial charge in [-0.15, -0.1) is 0 Å². The van der Waals surface area contributed by atoms with Gasteiger partial charge in [0.15, 0.2) is 0 Å². The summed E-state index contributed by atoms with van der Waals surface area (Å²) in [6, 6.07) is 1.94. The number of aromatic nitrogens is 2. The molecule has 21 heavy (non-hydrogen) atoms. The molecule has 9 heteroatoms. The van der Waals surface area contributed by atoms with Crippen molar-refractivity contribution in [2.45, 2.75) is 25.1 Å². The minimum Gasteiger partial charge on any atom is -0.382 e. The van der Waals surface area contributed by atoms with Crippen LogP contribution in [0.4, 0.5) is 19.0 Å². The van der Waals surface area contributed by atoms with E-state index >= 15 is 0 Å². The van der Waals surface area contributed by atoms with E-state index in [1.807, 2.05) is 16.4 Å². The van der Waals surface area contributed by atoms with E-state index in [1.54, 1.807) is 10.7 Å². The summed E-state index contributed by atoms with van der Waals surface area (Å²) < 4.78 is 37.8. The number of halogens is 3. The Morgan fingerprint density at radius 1 is 1.43 bits per heavy atom. The Labute approximate surface area is 120 Å². The molecule has 118 valence electrons. The molecule has 1 aromatic rings. The molecule has 0 aromatic carbocycles. The summed E-state index contributed by atoms with van der Waals surface area (Å²) in [7, 11) is 0. The Kier molecular flexibility index (Phi) is 4.71. The summed E-state index contributed by atoms with van der Waals surface area (Å²) in [5.74, 6) is -0.141. The average Bonchev–Trinajstić information content (AvgIpc) is 2.83. The van der Waals surface area contributed by atoms with Crippen LogP contribution in [0.2, 0.25) is 0 Å². The molecule has 1 aromatic heterocycles. The molecule has 0 aliphatic carbocycles. The highest BCUT2D eigenvalue weighted by molar-refractivity contribution is 5.78. The van der Waals surface area contributed by atoms with Crippen molar-refractivity contribution in [3.63, 3.8) is 0 Å². The van der Waals surface area contributed by atoms with E-state index in [0.29, 0.717) is 18.9 Å². The van der Waals surface area contributed by atoms with Crippen molar-refractivity contribution in [3.8, 4) is 0 Å². The monoisotopic (exact) mass is 305 g/mol. The van der Waals surface area contributed by atoms with Gasteiger partial charge in [-0.25, -0.2) is 0 Å². The van der Waals surface area contributed by atoms with Gasteiger partial charge in [-0.05, 0) is 18.9 Å². The number of likely N-dealkylation sites (tertiary alicyclic amines) is 1. The lowest BCUT2D eigenvalue weighted by Gasteiger charge is -2.31. The van der Waals surface area contributed by atoms with Crippen molar-refractivity contribution < 1.29 is 18.0 Å². The highest BCUT2D eigenvalue weighted by Gasteiger charge is 2.28. The molecule has 1 amide bonds. The predicted octanol–water partition coefficient (Wildman–Crippen LogP) is 0.781. The van der Waals surface area contributed by atoms with Crippen molar-refractivity contribution in [1.82, 2.24) is 20.0 Å². The molecule has 0 atom stereocenters. The fraction of sp³-hybridized carbons (Fsp3) is 0.667. The lowest BCUT2D eigenvalue weighted by molar-refractivity contribution is -0.139. The number of nitrogen functional groups attached to an aromatic ring is 1. The van der Waals surface area contributed by atoms with E-state index in [2.05, 4.69) is 5.10 Å². The molecule has 0 spiro atoms. The third-order valence-electron chi connectivity index (χ3n) is 3.41. The number of carbonyl (C=O) groups is 1. The van der Waals surface area contributed by atoms with Crippen molar-refractivity contribution in [1.29, 1.82) is 0 Å². The number of piperidine rings is 1. The number of nitrogens with zero attached hydrogens (tertiary/aromatic N) is 3. The second-order valence-electron chi connectivity index (χ2n) is 5.12. The molecule has 2 rings (SSSR count). The number of rotatable bonds is 4. The standard InChI is InChI=1S/C12H18F3N5O/c13-12(14,15)8-17-11(21)7-19-4-1-9(2-5-19)20-6-3-10(16)18-20/h3,6,9H,1-2,4-5,7-8H2,(H2,16,18)(H,17,21). The van der Waals surface area contributed by atoms with Crippen LogP contribution in [0.5, 0.6) is 0 Å². The first-order chi connectivity index (χ1) is 9.83. The van der Waals surface area contributed by atoms with Crippen LogP contribution in [0.3, 0.4) is 0 Å². The molecule has 2 heterocycles. The second-order valence-corrected chi connectivity index (χ2v) is 5.12. The van der Waals surface area contributed by atoms with E-state index in [1.165, 1.54) is 0 Å². The van der Waals surface area contributed by atoms with Gasteiger partial charge in [-0.2, -0.15) is 18.3 Å². The maximum absolute atomic E-state index is 12.0. The van der Waals surface area contributed by atoms with Gasteiger partial charge in [0.25, 0.3) is 0 Å². The summed E-state index contributed by atoms with van der Waals surface area (Å²) >= 11 is 0. The fourth-order valence-electron chi connectivity index (χ4n) is 2.36. The van der Waals surface area contributed by atoms with Gasteiger partial charge in [0.2, 0.25) is 5.91 Å².